The lowest BCUT2D eigenvalue weighted by atomic mass is 10.0. The average molecular weight is 220 g/mol. The summed E-state index contributed by atoms with van der Waals surface area (Å²) in [7, 11) is 0. The summed E-state index contributed by atoms with van der Waals surface area (Å²) >= 11 is 0. The van der Waals surface area contributed by atoms with Crippen LogP contribution in [-0.2, 0) is 0 Å². The second-order valence-electron chi connectivity index (χ2n) is 4.54. The SMILES string of the molecule is Cc1cccc(OCC(N)C2CCNC2)c1. The van der Waals surface area contributed by atoms with Gasteiger partial charge in [0.05, 0.1) is 0 Å². The highest BCUT2D eigenvalue weighted by molar-refractivity contribution is 5.27. The second kappa shape index (κ2) is 5.32. The zero-order chi connectivity index (χ0) is 11.4. The van der Waals surface area contributed by atoms with Gasteiger partial charge >= 0.3 is 0 Å². The minimum absolute atomic E-state index is 0.135. The number of nitrogens with one attached hydrogen (secondary N) is 1. The summed E-state index contributed by atoms with van der Waals surface area (Å²) < 4.78 is 5.71. The predicted octanol–water partition coefficient (Wildman–Crippen LogP) is 1.31. The zero-order valence-corrected chi connectivity index (χ0v) is 9.78. The van der Waals surface area contributed by atoms with Gasteiger partial charge in [-0.25, -0.2) is 0 Å². The van der Waals surface area contributed by atoms with Crippen molar-refractivity contribution in [3.8, 4) is 5.75 Å². The van der Waals surface area contributed by atoms with Crippen molar-refractivity contribution in [3.05, 3.63) is 29.8 Å². The van der Waals surface area contributed by atoms with Crippen molar-refractivity contribution in [1.82, 2.24) is 5.32 Å². The van der Waals surface area contributed by atoms with Gasteiger partial charge in [0.1, 0.15) is 12.4 Å². The Balaban J connectivity index is 1.82. The van der Waals surface area contributed by atoms with Crippen molar-refractivity contribution in [2.24, 2.45) is 11.7 Å². The van der Waals surface area contributed by atoms with Crippen molar-refractivity contribution >= 4 is 0 Å². The molecule has 0 bridgehead atoms. The fraction of sp³-hybridized carbons (Fsp3) is 0.538. The molecule has 0 amide bonds. The smallest absolute Gasteiger partial charge is 0.119 e. The number of ether oxygens (including phenoxy) is 1. The van der Waals surface area contributed by atoms with E-state index in [1.165, 1.54) is 12.0 Å². The van der Waals surface area contributed by atoms with E-state index in [0.717, 1.165) is 18.8 Å². The maximum atomic E-state index is 6.10. The molecule has 0 radical (unpaired) electrons. The van der Waals surface area contributed by atoms with Gasteiger partial charge in [-0.15, -0.1) is 0 Å². The monoisotopic (exact) mass is 220 g/mol. The molecule has 0 saturated carbocycles. The Morgan fingerprint density at radius 2 is 2.44 bits per heavy atom. The molecule has 1 saturated heterocycles. The third-order valence-electron chi connectivity index (χ3n) is 3.14. The molecule has 2 rings (SSSR count). The number of benzene rings is 1. The van der Waals surface area contributed by atoms with Crippen molar-refractivity contribution < 1.29 is 4.74 Å². The van der Waals surface area contributed by atoms with Gasteiger partial charge in [-0.1, -0.05) is 12.1 Å². The highest BCUT2D eigenvalue weighted by atomic mass is 16.5. The minimum Gasteiger partial charge on any atom is -0.492 e. The molecule has 3 heteroatoms. The molecule has 1 aromatic carbocycles. The summed E-state index contributed by atoms with van der Waals surface area (Å²) in [5, 5.41) is 3.32. The molecule has 1 aliphatic heterocycles. The summed E-state index contributed by atoms with van der Waals surface area (Å²) in [5.41, 5.74) is 7.32. The molecule has 3 N–H and O–H groups in total. The normalized spacial score (nSPS) is 22.0. The van der Waals surface area contributed by atoms with Gasteiger partial charge in [0.2, 0.25) is 0 Å². The van der Waals surface area contributed by atoms with Gasteiger partial charge in [0.25, 0.3) is 0 Å². The van der Waals surface area contributed by atoms with Crippen LogP contribution in [0.3, 0.4) is 0 Å². The first-order valence-electron chi connectivity index (χ1n) is 5.91. The molecule has 1 aliphatic rings. The Morgan fingerprint density at radius 1 is 1.56 bits per heavy atom. The molecule has 16 heavy (non-hydrogen) atoms. The Kier molecular flexibility index (Phi) is 3.80. The van der Waals surface area contributed by atoms with E-state index >= 15 is 0 Å². The number of hydrogen-bond acceptors (Lipinski definition) is 3. The maximum Gasteiger partial charge on any atom is 0.119 e. The van der Waals surface area contributed by atoms with Gasteiger partial charge in [0.15, 0.2) is 0 Å². The molecule has 3 nitrogen and oxygen atoms in total. The van der Waals surface area contributed by atoms with Crippen LogP contribution >= 0.6 is 0 Å². The van der Waals surface area contributed by atoms with E-state index in [9.17, 15) is 0 Å². The Morgan fingerprint density at radius 3 is 3.12 bits per heavy atom. The third-order valence-corrected chi connectivity index (χ3v) is 3.14. The number of aryl methyl sites for hydroxylation is 1. The largest absolute Gasteiger partial charge is 0.492 e. The molecule has 0 spiro atoms. The molecule has 2 atom stereocenters. The molecule has 88 valence electrons. The van der Waals surface area contributed by atoms with Crippen molar-refractivity contribution in [2.45, 2.75) is 19.4 Å². The molecule has 1 heterocycles. The van der Waals surface area contributed by atoms with Crippen LogP contribution in [0.25, 0.3) is 0 Å². The van der Waals surface area contributed by atoms with Crippen LogP contribution in [0.2, 0.25) is 0 Å². The van der Waals surface area contributed by atoms with Crippen LogP contribution in [-0.4, -0.2) is 25.7 Å². The van der Waals surface area contributed by atoms with E-state index in [4.69, 9.17) is 10.5 Å². The van der Waals surface area contributed by atoms with Gasteiger partial charge < -0.3 is 15.8 Å². The van der Waals surface area contributed by atoms with Crippen molar-refractivity contribution in [2.75, 3.05) is 19.7 Å². The molecular formula is C13H20N2O. The number of nitrogens with two attached hydrogens (primary N) is 1. The van der Waals surface area contributed by atoms with Gasteiger partial charge in [-0.05, 0) is 50.0 Å². The predicted molar refractivity (Wildman–Crippen MR) is 65.6 cm³/mol. The molecule has 2 unspecified atom stereocenters. The Bertz CT molecular complexity index is 334. The molecular weight excluding hydrogens is 200 g/mol. The Hall–Kier alpha value is -1.06. The number of rotatable bonds is 4. The van der Waals surface area contributed by atoms with Crippen LogP contribution < -0.4 is 15.8 Å². The van der Waals surface area contributed by atoms with E-state index in [1.807, 2.05) is 18.2 Å². The summed E-state index contributed by atoms with van der Waals surface area (Å²) in [6, 6.07) is 8.23. The van der Waals surface area contributed by atoms with E-state index < -0.39 is 0 Å². The lowest BCUT2D eigenvalue weighted by molar-refractivity contribution is 0.252. The molecule has 1 aromatic rings. The van der Waals surface area contributed by atoms with Crippen LogP contribution in [0.1, 0.15) is 12.0 Å². The molecule has 1 fully saturated rings. The lowest BCUT2D eigenvalue weighted by Crippen LogP contribution is -2.37. The minimum atomic E-state index is 0.135. The topological polar surface area (TPSA) is 47.3 Å². The standard InChI is InChI=1S/C13H20N2O/c1-10-3-2-4-12(7-10)16-9-13(14)11-5-6-15-8-11/h2-4,7,11,13,15H,5-6,8-9,14H2,1H3. The van der Waals surface area contributed by atoms with E-state index in [0.29, 0.717) is 12.5 Å². The Labute approximate surface area is 97.0 Å². The average Bonchev–Trinajstić information content (AvgIpc) is 2.79. The summed E-state index contributed by atoms with van der Waals surface area (Å²) in [6.45, 7) is 4.78. The highest BCUT2D eigenvalue weighted by Gasteiger charge is 2.21. The third kappa shape index (κ3) is 2.97. The first-order chi connectivity index (χ1) is 7.75. The first kappa shape index (κ1) is 11.4. The van der Waals surface area contributed by atoms with Gasteiger partial charge in [-0.3, -0.25) is 0 Å². The van der Waals surface area contributed by atoms with E-state index in [2.05, 4.69) is 18.3 Å². The van der Waals surface area contributed by atoms with Gasteiger partial charge in [-0.2, -0.15) is 0 Å². The zero-order valence-electron chi connectivity index (χ0n) is 9.78. The van der Waals surface area contributed by atoms with E-state index in [-0.39, 0.29) is 6.04 Å². The summed E-state index contributed by atoms with van der Waals surface area (Å²) in [4.78, 5) is 0. The highest BCUT2D eigenvalue weighted by Crippen LogP contribution is 2.15. The first-order valence-corrected chi connectivity index (χ1v) is 5.91. The lowest BCUT2D eigenvalue weighted by Gasteiger charge is -2.18. The molecule has 0 aromatic heterocycles. The quantitative estimate of drug-likeness (QED) is 0.804. The van der Waals surface area contributed by atoms with Crippen molar-refractivity contribution in [3.63, 3.8) is 0 Å². The fourth-order valence-corrected chi connectivity index (χ4v) is 2.08. The van der Waals surface area contributed by atoms with E-state index in [1.54, 1.807) is 0 Å². The van der Waals surface area contributed by atoms with Crippen LogP contribution in [0, 0.1) is 12.8 Å². The van der Waals surface area contributed by atoms with Crippen LogP contribution in [0.5, 0.6) is 5.75 Å². The fourth-order valence-electron chi connectivity index (χ4n) is 2.08. The number of hydrogen-bond donors (Lipinski definition) is 2. The van der Waals surface area contributed by atoms with Crippen molar-refractivity contribution in [1.29, 1.82) is 0 Å². The van der Waals surface area contributed by atoms with Crippen LogP contribution in [0.15, 0.2) is 24.3 Å². The summed E-state index contributed by atoms with van der Waals surface area (Å²) in [6.07, 6.45) is 1.17. The maximum absolute atomic E-state index is 6.10. The van der Waals surface area contributed by atoms with Gasteiger partial charge in [0, 0.05) is 6.04 Å². The summed E-state index contributed by atoms with van der Waals surface area (Å²) in [5.74, 6) is 1.48. The molecule has 0 aliphatic carbocycles. The second-order valence-corrected chi connectivity index (χ2v) is 4.54. The van der Waals surface area contributed by atoms with Crippen LogP contribution in [0.4, 0.5) is 0 Å².